The number of rotatable bonds is 6. The maximum Gasteiger partial charge on any atom is 0.258 e. The van der Waals surface area contributed by atoms with E-state index in [1.807, 2.05) is 35.7 Å². The summed E-state index contributed by atoms with van der Waals surface area (Å²) < 4.78 is 11.5. The van der Waals surface area contributed by atoms with Gasteiger partial charge >= 0.3 is 0 Å². The molecular weight excluding hydrogens is 418 g/mol. The van der Waals surface area contributed by atoms with E-state index in [1.54, 1.807) is 6.92 Å². The van der Waals surface area contributed by atoms with Crippen LogP contribution in [-0.2, 0) is 10.3 Å². The molecule has 1 saturated heterocycles. The van der Waals surface area contributed by atoms with Gasteiger partial charge in [0.2, 0.25) is 5.89 Å². The topological polar surface area (TPSA) is 77.2 Å². The van der Waals surface area contributed by atoms with Crippen LogP contribution in [0.2, 0.25) is 0 Å². The summed E-state index contributed by atoms with van der Waals surface area (Å²) in [6, 6.07) is 8.14. The van der Waals surface area contributed by atoms with Crippen molar-refractivity contribution >= 4 is 29.4 Å². The molecule has 0 radical (unpaired) electrons. The molecule has 2 aliphatic rings. The van der Waals surface area contributed by atoms with E-state index in [0.717, 1.165) is 38.5 Å². The summed E-state index contributed by atoms with van der Waals surface area (Å²) >= 11 is 4.00. The Morgan fingerprint density at radius 1 is 1.13 bits per heavy atom. The third-order valence-corrected chi connectivity index (χ3v) is 8.66. The van der Waals surface area contributed by atoms with Crippen LogP contribution in [0.25, 0.3) is 0 Å². The molecule has 1 amide bonds. The molecule has 6 nitrogen and oxygen atoms in total. The van der Waals surface area contributed by atoms with E-state index >= 15 is 0 Å². The smallest absolute Gasteiger partial charge is 0.258 e. The first-order valence-corrected chi connectivity index (χ1v) is 12.8. The summed E-state index contributed by atoms with van der Waals surface area (Å²) in [6.45, 7) is 1.75. The predicted octanol–water partition coefficient (Wildman–Crippen LogP) is 4.99. The molecule has 1 aliphatic carbocycles. The zero-order valence-electron chi connectivity index (χ0n) is 17.4. The molecule has 2 fully saturated rings. The fraction of sp³-hybridized carbons (Fsp3) is 0.591. The first-order chi connectivity index (χ1) is 14.6. The summed E-state index contributed by atoms with van der Waals surface area (Å²) in [4.78, 5) is 17.2. The SMILES string of the molecule is Cc1nc(C2(NC(=O)COc3ccc(C4SCCCS4)cc3)CCCCCC2)no1. The molecular formula is C22H29N3O3S2. The van der Waals surface area contributed by atoms with Gasteiger partial charge in [-0.1, -0.05) is 43.0 Å². The molecule has 0 spiro atoms. The Morgan fingerprint density at radius 3 is 2.47 bits per heavy atom. The van der Waals surface area contributed by atoms with Gasteiger partial charge < -0.3 is 14.6 Å². The summed E-state index contributed by atoms with van der Waals surface area (Å²) in [7, 11) is 0. The third-order valence-electron chi connectivity index (χ3n) is 5.64. The predicted molar refractivity (Wildman–Crippen MR) is 121 cm³/mol. The molecule has 8 heteroatoms. The highest BCUT2D eigenvalue weighted by molar-refractivity contribution is 8.16. The number of carbonyl (C=O) groups is 1. The molecule has 1 saturated carbocycles. The van der Waals surface area contributed by atoms with Gasteiger partial charge in [-0.2, -0.15) is 4.98 Å². The second kappa shape index (κ2) is 10.1. The van der Waals surface area contributed by atoms with Crippen molar-refractivity contribution in [3.8, 4) is 5.75 Å². The quantitative estimate of drug-likeness (QED) is 0.625. The molecule has 162 valence electrons. The van der Waals surface area contributed by atoms with E-state index in [9.17, 15) is 4.79 Å². The van der Waals surface area contributed by atoms with Gasteiger partial charge in [0.1, 0.15) is 11.3 Å². The van der Waals surface area contributed by atoms with Crippen LogP contribution in [0.4, 0.5) is 0 Å². The van der Waals surface area contributed by atoms with E-state index < -0.39 is 5.54 Å². The third kappa shape index (κ3) is 5.32. The number of hydrogen-bond donors (Lipinski definition) is 1. The van der Waals surface area contributed by atoms with Gasteiger partial charge in [0.05, 0.1) is 4.58 Å². The highest BCUT2D eigenvalue weighted by Gasteiger charge is 2.38. The molecule has 0 atom stereocenters. The molecule has 1 aromatic carbocycles. The fourth-order valence-electron chi connectivity index (χ4n) is 4.08. The van der Waals surface area contributed by atoms with Crippen LogP contribution in [-0.4, -0.2) is 34.2 Å². The molecule has 0 unspecified atom stereocenters. The van der Waals surface area contributed by atoms with Gasteiger partial charge in [0.25, 0.3) is 5.91 Å². The zero-order chi connectivity index (χ0) is 20.8. The van der Waals surface area contributed by atoms with Crippen LogP contribution < -0.4 is 10.1 Å². The molecule has 1 N–H and O–H groups in total. The van der Waals surface area contributed by atoms with Crippen molar-refractivity contribution in [3.05, 3.63) is 41.5 Å². The van der Waals surface area contributed by atoms with Crippen molar-refractivity contribution in [2.75, 3.05) is 18.1 Å². The lowest BCUT2D eigenvalue weighted by atomic mass is 9.89. The lowest BCUT2D eigenvalue weighted by Gasteiger charge is -2.30. The molecule has 2 heterocycles. The highest BCUT2D eigenvalue weighted by atomic mass is 32.2. The van der Waals surface area contributed by atoms with Gasteiger partial charge in [-0.25, -0.2) is 0 Å². The number of aryl methyl sites for hydroxylation is 1. The summed E-state index contributed by atoms with van der Waals surface area (Å²) in [6.07, 6.45) is 7.32. The van der Waals surface area contributed by atoms with Crippen molar-refractivity contribution < 1.29 is 14.1 Å². The molecule has 30 heavy (non-hydrogen) atoms. The highest BCUT2D eigenvalue weighted by Crippen LogP contribution is 2.43. The Labute approximate surface area is 186 Å². The lowest BCUT2D eigenvalue weighted by Crippen LogP contribution is -2.48. The minimum absolute atomic E-state index is 0.0230. The van der Waals surface area contributed by atoms with E-state index in [2.05, 4.69) is 27.6 Å². The maximum atomic E-state index is 12.8. The van der Waals surface area contributed by atoms with Crippen LogP contribution in [0.1, 0.15) is 66.8 Å². The van der Waals surface area contributed by atoms with Crippen molar-refractivity contribution in [3.63, 3.8) is 0 Å². The van der Waals surface area contributed by atoms with Crippen molar-refractivity contribution in [2.24, 2.45) is 0 Å². The standard InChI is InChI=1S/C22H29N3O3S2/c1-16-23-21(25-28-16)22(11-4-2-3-5-12-22)24-19(26)15-27-18-9-7-17(8-10-18)20-29-13-6-14-30-20/h7-10,20H,2-6,11-15H2,1H3,(H,24,26). The van der Waals surface area contributed by atoms with E-state index in [1.165, 1.54) is 23.5 Å². The number of amides is 1. The van der Waals surface area contributed by atoms with E-state index in [4.69, 9.17) is 9.26 Å². The van der Waals surface area contributed by atoms with Crippen LogP contribution in [0.15, 0.2) is 28.8 Å². The summed E-state index contributed by atoms with van der Waals surface area (Å²) in [5.41, 5.74) is 0.750. The van der Waals surface area contributed by atoms with Gasteiger partial charge in [0, 0.05) is 6.92 Å². The van der Waals surface area contributed by atoms with E-state index in [-0.39, 0.29) is 12.5 Å². The minimum Gasteiger partial charge on any atom is -0.484 e. The average Bonchev–Trinajstić information content (AvgIpc) is 3.08. The Morgan fingerprint density at radius 2 is 1.83 bits per heavy atom. The van der Waals surface area contributed by atoms with Crippen molar-refractivity contribution in [2.45, 2.75) is 62.0 Å². The number of nitrogens with one attached hydrogen (secondary N) is 1. The fourth-order valence-corrected chi connectivity index (χ4v) is 6.98. The van der Waals surface area contributed by atoms with Gasteiger partial charge in [0.15, 0.2) is 12.4 Å². The lowest BCUT2D eigenvalue weighted by molar-refractivity contribution is -0.125. The number of carbonyl (C=O) groups excluding carboxylic acids is 1. The Bertz CT molecular complexity index is 826. The summed E-state index contributed by atoms with van der Waals surface area (Å²) in [5, 5.41) is 7.31. The molecule has 1 aliphatic heterocycles. The van der Waals surface area contributed by atoms with Crippen LogP contribution in [0, 0.1) is 6.92 Å². The first-order valence-electron chi connectivity index (χ1n) is 10.7. The van der Waals surface area contributed by atoms with Crippen LogP contribution >= 0.6 is 23.5 Å². The Kier molecular flexibility index (Phi) is 7.25. The second-order valence-corrected chi connectivity index (χ2v) is 10.7. The molecule has 4 rings (SSSR count). The normalized spacial score (nSPS) is 19.8. The largest absolute Gasteiger partial charge is 0.484 e. The number of ether oxygens (including phenoxy) is 1. The van der Waals surface area contributed by atoms with Gasteiger partial charge in [-0.3, -0.25) is 4.79 Å². The maximum absolute atomic E-state index is 12.8. The average molecular weight is 448 g/mol. The zero-order valence-corrected chi connectivity index (χ0v) is 19.0. The second-order valence-electron chi connectivity index (χ2n) is 7.97. The number of aromatic nitrogens is 2. The number of benzene rings is 1. The van der Waals surface area contributed by atoms with Gasteiger partial charge in [-0.05, 0) is 48.5 Å². The molecule has 2 aromatic rings. The molecule has 1 aromatic heterocycles. The van der Waals surface area contributed by atoms with E-state index in [0.29, 0.717) is 22.0 Å². The first kappa shape index (κ1) is 21.6. The van der Waals surface area contributed by atoms with Crippen LogP contribution in [0.3, 0.4) is 0 Å². The van der Waals surface area contributed by atoms with Crippen molar-refractivity contribution in [1.29, 1.82) is 0 Å². The minimum atomic E-state index is -0.562. The number of nitrogens with zero attached hydrogens (tertiary/aromatic N) is 2. The monoisotopic (exact) mass is 447 g/mol. The Hall–Kier alpha value is -1.67. The van der Waals surface area contributed by atoms with Crippen LogP contribution in [0.5, 0.6) is 5.75 Å². The van der Waals surface area contributed by atoms with Crippen molar-refractivity contribution in [1.82, 2.24) is 15.5 Å². The number of thioether (sulfide) groups is 2. The Balaban J connectivity index is 1.36. The number of hydrogen-bond acceptors (Lipinski definition) is 7. The summed E-state index contributed by atoms with van der Waals surface area (Å²) in [5.74, 6) is 4.11. The molecule has 0 bridgehead atoms. The van der Waals surface area contributed by atoms with Gasteiger partial charge in [-0.15, -0.1) is 23.5 Å².